The van der Waals surface area contributed by atoms with Gasteiger partial charge in [-0.3, -0.25) is 0 Å². The smallest absolute Gasteiger partial charge is 0.253 e. The van der Waals surface area contributed by atoms with Gasteiger partial charge in [0.15, 0.2) is 0 Å². The van der Waals surface area contributed by atoms with Crippen LogP contribution >= 0.6 is 0 Å². The third kappa shape index (κ3) is 3.25. The van der Waals surface area contributed by atoms with E-state index in [2.05, 4.69) is 0 Å². The Labute approximate surface area is 140 Å². The van der Waals surface area contributed by atoms with E-state index in [4.69, 9.17) is 5.73 Å². The highest BCUT2D eigenvalue weighted by molar-refractivity contribution is 8.04. The molecule has 0 saturated heterocycles. The molecule has 8 heteroatoms. The molecule has 6 nitrogen and oxygen atoms in total. The topological polar surface area (TPSA) is 106 Å². The van der Waals surface area contributed by atoms with Crippen LogP contribution in [0.2, 0.25) is 0 Å². The summed E-state index contributed by atoms with van der Waals surface area (Å²) in [4.78, 5) is -0.263. The summed E-state index contributed by atoms with van der Waals surface area (Å²) >= 11 is 0. The average molecular weight is 362 g/mol. The lowest BCUT2D eigenvalue weighted by Gasteiger charge is -2.09. The van der Waals surface area contributed by atoms with Crippen LogP contribution in [0.4, 0.5) is 5.69 Å². The summed E-state index contributed by atoms with van der Waals surface area (Å²) in [5.41, 5.74) is 6.24. The Bertz CT molecular complexity index is 1110. The van der Waals surface area contributed by atoms with Gasteiger partial charge in [-0.1, -0.05) is 30.3 Å². The molecule has 0 aliphatic carbocycles. The van der Waals surface area contributed by atoms with Crippen molar-refractivity contribution in [1.29, 1.82) is 0 Å². The highest BCUT2D eigenvalue weighted by Gasteiger charge is 2.24. The standard InChI is InChI=1S/C16H14N2O4S2/c17-14-8-6-13-11-16(9-7-12(13)10-14)24(21,22)18-23(19,20)15-4-2-1-3-5-15/h1-11,18H,17H2. The number of benzene rings is 3. The van der Waals surface area contributed by atoms with E-state index in [0.717, 1.165) is 5.39 Å². The Hall–Kier alpha value is -2.42. The first kappa shape index (κ1) is 16.4. The lowest BCUT2D eigenvalue weighted by molar-refractivity contribution is 0.577. The SMILES string of the molecule is Nc1ccc2cc(S(=O)(=O)NS(=O)(=O)c3ccccc3)ccc2c1. The van der Waals surface area contributed by atoms with Crippen LogP contribution in [0.5, 0.6) is 0 Å². The summed E-state index contributed by atoms with van der Waals surface area (Å²) in [6.45, 7) is 0. The predicted octanol–water partition coefficient (Wildman–Crippen LogP) is 2.09. The van der Waals surface area contributed by atoms with E-state index in [9.17, 15) is 16.8 Å². The normalized spacial score (nSPS) is 12.3. The average Bonchev–Trinajstić information content (AvgIpc) is 2.54. The monoisotopic (exact) mass is 362 g/mol. The maximum absolute atomic E-state index is 12.4. The molecule has 0 aliphatic rings. The Morgan fingerprint density at radius 1 is 0.667 bits per heavy atom. The number of nitrogens with one attached hydrogen (secondary N) is 1. The lowest BCUT2D eigenvalue weighted by atomic mass is 10.1. The molecule has 0 atom stereocenters. The van der Waals surface area contributed by atoms with Crippen molar-refractivity contribution in [3.8, 4) is 0 Å². The van der Waals surface area contributed by atoms with Crippen LogP contribution in [0.1, 0.15) is 0 Å². The molecule has 0 radical (unpaired) electrons. The number of rotatable bonds is 4. The van der Waals surface area contributed by atoms with E-state index in [1.165, 1.54) is 36.4 Å². The van der Waals surface area contributed by atoms with Crippen molar-refractivity contribution in [1.82, 2.24) is 4.13 Å². The van der Waals surface area contributed by atoms with Gasteiger partial charge in [-0.05, 0) is 47.2 Å². The summed E-state index contributed by atoms with van der Waals surface area (Å²) in [5, 5.41) is 1.41. The second-order valence-electron chi connectivity index (χ2n) is 5.17. The van der Waals surface area contributed by atoms with Crippen molar-refractivity contribution in [2.24, 2.45) is 0 Å². The fourth-order valence-corrected chi connectivity index (χ4v) is 5.22. The van der Waals surface area contributed by atoms with E-state index in [0.29, 0.717) is 11.1 Å². The molecule has 0 aromatic heterocycles. The van der Waals surface area contributed by atoms with Crippen molar-refractivity contribution < 1.29 is 16.8 Å². The molecule has 0 fully saturated rings. The minimum Gasteiger partial charge on any atom is -0.399 e. The number of nitrogens with two attached hydrogens (primary N) is 1. The molecular weight excluding hydrogens is 348 g/mol. The van der Waals surface area contributed by atoms with Crippen LogP contribution in [-0.4, -0.2) is 16.8 Å². The van der Waals surface area contributed by atoms with Crippen LogP contribution in [-0.2, 0) is 20.0 Å². The van der Waals surface area contributed by atoms with Crippen molar-refractivity contribution in [2.45, 2.75) is 9.79 Å². The number of fused-ring (bicyclic) bond motifs is 1. The lowest BCUT2D eigenvalue weighted by Crippen LogP contribution is -2.30. The fraction of sp³-hybridized carbons (Fsp3) is 0. The van der Waals surface area contributed by atoms with Crippen molar-refractivity contribution in [3.63, 3.8) is 0 Å². The maximum atomic E-state index is 12.4. The van der Waals surface area contributed by atoms with Crippen LogP contribution in [0.15, 0.2) is 76.5 Å². The molecule has 3 N–H and O–H groups in total. The van der Waals surface area contributed by atoms with Gasteiger partial charge in [-0.2, -0.15) is 0 Å². The summed E-state index contributed by atoms with van der Waals surface area (Å²) < 4.78 is 51.0. The molecule has 0 saturated carbocycles. The van der Waals surface area contributed by atoms with E-state index >= 15 is 0 Å². The molecule has 3 rings (SSSR count). The maximum Gasteiger partial charge on any atom is 0.253 e. The second-order valence-corrected chi connectivity index (χ2v) is 8.79. The van der Waals surface area contributed by atoms with Gasteiger partial charge in [-0.15, -0.1) is 4.13 Å². The molecule has 0 heterocycles. The minimum absolute atomic E-state index is 0.123. The number of hydrogen-bond donors (Lipinski definition) is 2. The highest BCUT2D eigenvalue weighted by Crippen LogP contribution is 2.22. The first-order chi connectivity index (χ1) is 11.3. The van der Waals surface area contributed by atoms with Gasteiger partial charge in [0.05, 0.1) is 9.79 Å². The Kier molecular flexibility index (Phi) is 4.04. The third-order valence-corrected chi connectivity index (χ3v) is 6.94. The van der Waals surface area contributed by atoms with Crippen LogP contribution in [0.25, 0.3) is 10.8 Å². The Balaban J connectivity index is 2.00. The van der Waals surface area contributed by atoms with Gasteiger partial charge in [0.25, 0.3) is 20.0 Å². The van der Waals surface area contributed by atoms with Gasteiger partial charge in [0.1, 0.15) is 0 Å². The zero-order chi connectivity index (χ0) is 17.4. The summed E-state index contributed by atoms with van der Waals surface area (Å²) in [6.07, 6.45) is 0. The molecule has 0 unspecified atom stereocenters. The molecule has 0 spiro atoms. The third-order valence-electron chi connectivity index (χ3n) is 3.42. The zero-order valence-corrected chi connectivity index (χ0v) is 14.0. The molecule has 24 heavy (non-hydrogen) atoms. The molecule has 124 valence electrons. The van der Waals surface area contributed by atoms with E-state index in [1.807, 2.05) is 0 Å². The largest absolute Gasteiger partial charge is 0.399 e. The Morgan fingerprint density at radius 3 is 1.96 bits per heavy atom. The molecule has 0 bridgehead atoms. The summed E-state index contributed by atoms with van der Waals surface area (Å²) in [7, 11) is -8.42. The summed E-state index contributed by atoms with van der Waals surface area (Å²) in [6, 6.07) is 16.7. The second kappa shape index (κ2) is 5.90. The van der Waals surface area contributed by atoms with Gasteiger partial charge in [0, 0.05) is 5.69 Å². The number of nitrogen functional groups attached to an aromatic ring is 1. The van der Waals surface area contributed by atoms with Gasteiger partial charge in [-0.25, -0.2) is 16.8 Å². The van der Waals surface area contributed by atoms with E-state index in [1.54, 1.807) is 34.5 Å². The molecule has 3 aromatic rings. The first-order valence-corrected chi connectivity index (χ1v) is 9.87. The number of anilines is 1. The molecule has 0 aliphatic heterocycles. The number of hydrogen-bond acceptors (Lipinski definition) is 5. The van der Waals surface area contributed by atoms with Crippen LogP contribution in [0, 0.1) is 0 Å². The van der Waals surface area contributed by atoms with Gasteiger partial charge < -0.3 is 5.73 Å². The number of sulfonamides is 2. The van der Waals surface area contributed by atoms with Crippen LogP contribution in [0.3, 0.4) is 0 Å². The highest BCUT2D eigenvalue weighted by atomic mass is 32.3. The van der Waals surface area contributed by atoms with Crippen LogP contribution < -0.4 is 9.86 Å². The fourth-order valence-electron chi connectivity index (χ4n) is 2.25. The molecular formula is C16H14N2O4S2. The van der Waals surface area contributed by atoms with E-state index < -0.39 is 20.0 Å². The predicted molar refractivity (Wildman–Crippen MR) is 92.3 cm³/mol. The quantitative estimate of drug-likeness (QED) is 0.691. The first-order valence-electron chi connectivity index (χ1n) is 6.91. The zero-order valence-electron chi connectivity index (χ0n) is 12.4. The summed E-state index contributed by atoms with van der Waals surface area (Å²) in [5.74, 6) is 0. The van der Waals surface area contributed by atoms with Crippen molar-refractivity contribution in [2.75, 3.05) is 5.73 Å². The molecule has 3 aromatic carbocycles. The Morgan fingerprint density at radius 2 is 1.25 bits per heavy atom. The van der Waals surface area contributed by atoms with Gasteiger partial charge >= 0.3 is 0 Å². The van der Waals surface area contributed by atoms with E-state index in [-0.39, 0.29) is 9.79 Å². The minimum atomic E-state index is -4.24. The van der Waals surface area contributed by atoms with Gasteiger partial charge in [0.2, 0.25) is 0 Å². The molecule has 0 amide bonds. The van der Waals surface area contributed by atoms with Crippen molar-refractivity contribution in [3.05, 3.63) is 66.7 Å². The van der Waals surface area contributed by atoms with Crippen molar-refractivity contribution >= 4 is 36.5 Å².